The second-order valence-corrected chi connectivity index (χ2v) is 6.98. The molecule has 25 heavy (non-hydrogen) atoms. The van der Waals surface area contributed by atoms with E-state index in [9.17, 15) is 14.7 Å². The van der Waals surface area contributed by atoms with E-state index in [-0.39, 0.29) is 36.0 Å². The van der Waals surface area contributed by atoms with Crippen LogP contribution in [0.2, 0.25) is 0 Å². The number of nitrogens with one attached hydrogen (secondary N) is 3. The van der Waals surface area contributed by atoms with E-state index in [4.69, 9.17) is 0 Å². The van der Waals surface area contributed by atoms with Crippen molar-refractivity contribution in [1.82, 2.24) is 20.8 Å². The molecule has 1 atom stereocenters. The summed E-state index contributed by atoms with van der Waals surface area (Å²) in [7, 11) is 0. The molecule has 3 rings (SSSR count). The minimum atomic E-state index is -0.238. The van der Waals surface area contributed by atoms with Gasteiger partial charge in [-0.25, -0.2) is 5.10 Å². The van der Waals surface area contributed by atoms with Crippen molar-refractivity contribution < 1.29 is 9.90 Å². The molecule has 1 aliphatic carbocycles. The zero-order chi connectivity index (χ0) is 16.9. The van der Waals surface area contributed by atoms with Gasteiger partial charge in [0, 0.05) is 24.9 Å². The largest absolute Gasteiger partial charge is 0.393 e. The highest BCUT2D eigenvalue weighted by atomic mass is 35.5. The Balaban J connectivity index is 0.00000225. The van der Waals surface area contributed by atoms with E-state index in [0.29, 0.717) is 30.4 Å². The van der Waals surface area contributed by atoms with Crippen molar-refractivity contribution in [2.75, 3.05) is 13.1 Å². The van der Waals surface area contributed by atoms with E-state index in [1.165, 1.54) is 6.07 Å². The van der Waals surface area contributed by atoms with Gasteiger partial charge in [-0.1, -0.05) is 0 Å². The van der Waals surface area contributed by atoms with E-state index in [1.54, 1.807) is 6.07 Å². The summed E-state index contributed by atoms with van der Waals surface area (Å²) in [6, 6.07) is 3.23. The Bertz CT molecular complexity index is 592. The maximum atomic E-state index is 12.4. The number of aliphatic hydroxyl groups excluding tert-OH is 1. The van der Waals surface area contributed by atoms with E-state index in [1.807, 2.05) is 0 Å². The van der Waals surface area contributed by atoms with Gasteiger partial charge in [-0.05, 0) is 56.7 Å². The highest BCUT2D eigenvalue weighted by Crippen LogP contribution is 2.35. The normalized spacial score (nSPS) is 24.7. The second-order valence-electron chi connectivity index (χ2n) is 6.98. The minimum Gasteiger partial charge on any atom is -0.393 e. The summed E-state index contributed by atoms with van der Waals surface area (Å²) in [6.45, 7) is 1.99. The molecule has 1 aliphatic heterocycles. The molecule has 4 N–H and O–H groups in total. The van der Waals surface area contributed by atoms with Crippen molar-refractivity contribution in [2.24, 2.45) is 11.8 Å². The van der Waals surface area contributed by atoms with Gasteiger partial charge in [0.15, 0.2) is 0 Å². The SMILES string of the molecule is Cl.O=C(CCc1ccc(=O)[nH]n1)NC(C1CCNCC1)C1CC(O)C1. The van der Waals surface area contributed by atoms with Gasteiger partial charge in [-0.2, -0.15) is 5.10 Å². The van der Waals surface area contributed by atoms with Crippen LogP contribution in [0.25, 0.3) is 0 Å². The number of carbonyl (C=O) groups is 1. The summed E-state index contributed by atoms with van der Waals surface area (Å²) in [5.41, 5.74) is 0.472. The zero-order valence-electron chi connectivity index (χ0n) is 14.2. The topological polar surface area (TPSA) is 107 Å². The Kier molecular flexibility index (Phi) is 7.40. The van der Waals surface area contributed by atoms with Crippen LogP contribution in [0.4, 0.5) is 0 Å². The van der Waals surface area contributed by atoms with Crippen LogP contribution in [0.5, 0.6) is 0 Å². The molecule has 2 fully saturated rings. The van der Waals surface area contributed by atoms with Crippen molar-refractivity contribution in [3.8, 4) is 0 Å². The van der Waals surface area contributed by atoms with Gasteiger partial charge in [0.2, 0.25) is 5.91 Å². The number of aryl methyl sites for hydroxylation is 1. The predicted molar refractivity (Wildman–Crippen MR) is 96.7 cm³/mol. The average molecular weight is 371 g/mol. The van der Waals surface area contributed by atoms with Gasteiger partial charge in [-0.3, -0.25) is 9.59 Å². The standard InChI is InChI=1S/C17H26N4O3.ClH/c22-14-9-12(10-14)17(11-5-7-18-8-6-11)19-15(23)3-1-13-2-4-16(24)21-20-13;/h2,4,11-12,14,17-18,22H,1,3,5-10H2,(H,19,23)(H,21,24);1H. The summed E-state index contributed by atoms with van der Waals surface area (Å²) >= 11 is 0. The molecule has 0 spiro atoms. The summed E-state index contributed by atoms with van der Waals surface area (Å²) in [5.74, 6) is 0.894. The smallest absolute Gasteiger partial charge is 0.264 e. The van der Waals surface area contributed by atoms with Crippen LogP contribution >= 0.6 is 12.4 Å². The minimum absolute atomic E-state index is 0. The van der Waals surface area contributed by atoms with Gasteiger partial charge in [0.05, 0.1) is 11.8 Å². The Labute approximate surface area is 153 Å². The van der Waals surface area contributed by atoms with Crippen LogP contribution in [0.1, 0.15) is 37.8 Å². The van der Waals surface area contributed by atoms with Gasteiger partial charge in [0.1, 0.15) is 0 Å². The molecule has 1 unspecified atom stereocenters. The molecule has 1 saturated carbocycles. The van der Waals surface area contributed by atoms with Gasteiger partial charge in [0.25, 0.3) is 5.56 Å². The van der Waals surface area contributed by atoms with Gasteiger partial charge < -0.3 is 15.7 Å². The number of halogens is 1. The van der Waals surface area contributed by atoms with Crippen LogP contribution in [0, 0.1) is 11.8 Å². The number of amides is 1. The molecular formula is C17H27ClN4O3. The molecule has 0 radical (unpaired) electrons. The molecule has 1 saturated heterocycles. The summed E-state index contributed by atoms with van der Waals surface area (Å²) < 4.78 is 0. The number of hydrogen-bond acceptors (Lipinski definition) is 5. The summed E-state index contributed by atoms with van der Waals surface area (Å²) in [4.78, 5) is 23.4. The van der Waals surface area contributed by atoms with E-state index in [0.717, 1.165) is 38.8 Å². The highest BCUT2D eigenvalue weighted by molar-refractivity contribution is 5.85. The number of aliphatic hydroxyl groups is 1. The fraction of sp³-hybridized carbons (Fsp3) is 0.706. The number of rotatable bonds is 6. The molecule has 0 bridgehead atoms. The highest BCUT2D eigenvalue weighted by Gasteiger charge is 2.38. The fourth-order valence-electron chi connectivity index (χ4n) is 3.76. The molecule has 140 valence electrons. The lowest BCUT2D eigenvalue weighted by atomic mass is 9.71. The Hall–Kier alpha value is -1.44. The predicted octanol–water partition coefficient (Wildman–Crippen LogP) is 0.380. The number of piperidine rings is 1. The third-order valence-electron chi connectivity index (χ3n) is 5.22. The van der Waals surface area contributed by atoms with Crippen LogP contribution in [0.15, 0.2) is 16.9 Å². The Morgan fingerprint density at radius 1 is 1.28 bits per heavy atom. The first kappa shape index (κ1) is 19.9. The number of H-pyrrole nitrogens is 1. The quantitative estimate of drug-likeness (QED) is 0.579. The molecule has 1 amide bonds. The van der Waals surface area contributed by atoms with Crippen LogP contribution < -0.4 is 16.2 Å². The first-order chi connectivity index (χ1) is 11.6. The van der Waals surface area contributed by atoms with Crippen LogP contribution in [0.3, 0.4) is 0 Å². The fourth-order valence-corrected chi connectivity index (χ4v) is 3.76. The van der Waals surface area contributed by atoms with E-state index >= 15 is 0 Å². The molecule has 0 aromatic carbocycles. The third-order valence-corrected chi connectivity index (χ3v) is 5.22. The summed E-state index contributed by atoms with van der Waals surface area (Å²) in [5, 5.41) is 22.5. The number of carbonyl (C=O) groups excluding carboxylic acids is 1. The molecule has 2 heterocycles. The van der Waals surface area contributed by atoms with Crippen molar-refractivity contribution in [3.05, 3.63) is 28.2 Å². The van der Waals surface area contributed by atoms with Crippen LogP contribution in [-0.4, -0.2) is 46.4 Å². The zero-order valence-corrected chi connectivity index (χ0v) is 15.1. The lowest BCUT2D eigenvalue weighted by molar-refractivity contribution is -0.123. The van der Waals surface area contributed by atoms with Crippen LogP contribution in [-0.2, 0) is 11.2 Å². The maximum Gasteiger partial charge on any atom is 0.264 e. The summed E-state index contributed by atoms with van der Waals surface area (Å²) in [6.07, 6.45) is 4.37. The maximum absolute atomic E-state index is 12.4. The molecule has 7 nitrogen and oxygen atoms in total. The van der Waals surface area contributed by atoms with Crippen molar-refractivity contribution in [1.29, 1.82) is 0 Å². The molecular weight excluding hydrogens is 344 g/mol. The van der Waals surface area contributed by atoms with Crippen molar-refractivity contribution in [3.63, 3.8) is 0 Å². The number of aromatic amines is 1. The van der Waals surface area contributed by atoms with E-state index in [2.05, 4.69) is 20.8 Å². The number of aromatic nitrogens is 2. The molecule has 2 aliphatic rings. The van der Waals surface area contributed by atoms with E-state index < -0.39 is 0 Å². The first-order valence-corrected chi connectivity index (χ1v) is 8.84. The Morgan fingerprint density at radius 2 is 2.00 bits per heavy atom. The number of nitrogens with zero attached hydrogens (tertiary/aromatic N) is 1. The van der Waals surface area contributed by atoms with Crippen molar-refractivity contribution >= 4 is 18.3 Å². The van der Waals surface area contributed by atoms with Crippen molar-refractivity contribution in [2.45, 2.75) is 50.7 Å². The lowest BCUT2D eigenvalue weighted by Crippen LogP contribution is -2.52. The molecule has 1 aromatic rings. The number of hydrogen-bond donors (Lipinski definition) is 4. The Morgan fingerprint density at radius 3 is 2.60 bits per heavy atom. The van der Waals surface area contributed by atoms with Gasteiger partial charge in [-0.15, -0.1) is 12.4 Å². The molecule has 1 aromatic heterocycles. The third kappa shape index (κ3) is 5.52. The second kappa shape index (κ2) is 9.31. The molecule has 8 heteroatoms. The van der Waals surface area contributed by atoms with Gasteiger partial charge >= 0.3 is 0 Å². The first-order valence-electron chi connectivity index (χ1n) is 8.84. The monoisotopic (exact) mass is 370 g/mol. The lowest BCUT2D eigenvalue weighted by Gasteiger charge is -2.43. The average Bonchev–Trinajstić information content (AvgIpc) is 2.57.